The molecule has 0 bridgehead atoms. The summed E-state index contributed by atoms with van der Waals surface area (Å²) in [5, 5.41) is 20.3. The Labute approximate surface area is 131 Å². The van der Waals surface area contributed by atoms with Gasteiger partial charge in [-0.2, -0.15) is 0 Å². The first-order valence-corrected chi connectivity index (χ1v) is 7.83. The molecule has 0 amide bonds. The molecule has 0 spiro atoms. The number of rotatable bonds is 4. The topological polar surface area (TPSA) is 48.1 Å². The lowest BCUT2D eigenvalue weighted by Gasteiger charge is -2.34. The molecule has 1 atom stereocenters. The largest absolute Gasteiger partial charge is 0.506 e. The zero-order chi connectivity index (χ0) is 15.4. The van der Waals surface area contributed by atoms with Gasteiger partial charge in [-0.15, -0.1) is 0 Å². The molecule has 2 aromatic carbocycles. The van der Waals surface area contributed by atoms with Crippen LogP contribution in [0.2, 0.25) is 0 Å². The molecule has 1 aliphatic rings. The number of benzene rings is 2. The van der Waals surface area contributed by atoms with Gasteiger partial charge in [0, 0.05) is 0 Å². The second-order valence-electron chi connectivity index (χ2n) is 5.86. The predicted molar refractivity (Wildman–Crippen MR) is 87.3 cm³/mol. The molecule has 1 heterocycles. The quantitative estimate of drug-likeness (QED) is 0.784. The monoisotopic (exact) mass is 299 g/mol. The van der Waals surface area contributed by atoms with E-state index in [1.807, 2.05) is 48.5 Å². The summed E-state index contributed by atoms with van der Waals surface area (Å²) < 4.78 is 0. The number of aromatic hydroxyl groups is 1. The van der Waals surface area contributed by atoms with E-state index in [-0.39, 0.29) is 0 Å². The standard InChI is InChI=1S/C18H22N2O2/c21-17-9-5-4-8-16(17)20-12-10-19(11-13-20)14-18(22)15-6-2-1-3-7-15/h1-9,18,21-22H,10-14H2/p+1/t18-/m0/s1. The maximum Gasteiger partial charge on any atom is 0.138 e. The number of aliphatic hydroxyl groups excluding tert-OH is 1. The molecule has 116 valence electrons. The third-order valence-corrected chi connectivity index (χ3v) is 4.36. The van der Waals surface area contributed by atoms with Gasteiger partial charge < -0.3 is 20.0 Å². The molecule has 1 aliphatic heterocycles. The van der Waals surface area contributed by atoms with Crippen molar-refractivity contribution in [1.82, 2.24) is 0 Å². The molecule has 0 saturated carbocycles. The van der Waals surface area contributed by atoms with E-state index < -0.39 is 6.10 Å². The molecule has 1 fully saturated rings. The van der Waals surface area contributed by atoms with E-state index in [1.54, 1.807) is 6.07 Å². The Morgan fingerprint density at radius 1 is 0.955 bits per heavy atom. The van der Waals surface area contributed by atoms with Crippen LogP contribution in [-0.4, -0.2) is 42.9 Å². The van der Waals surface area contributed by atoms with E-state index in [9.17, 15) is 10.2 Å². The van der Waals surface area contributed by atoms with E-state index in [0.29, 0.717) is 5.75 Å². The summed E-state index contributed by atoms with van der Waals surface area (Å²) in [6.45, 7) is 4.47. The van der Waals surface area contributed by atoms with Crippen LogP contribution in [0.25, 0.3) is 0 Å². The first-order valence-electron chi connectivity index (χ1n) is 7.83. The molecule has 0 aromatic heterocycles. The van der Waals surface area contributed by atoms with Crippen LogP contribution in [0.15, 0.2) is 54.6 Å². The van der Waals surface area contributed by atoms with Crippen LogP contribution in [0.3, 0.4) is 0 Å². The van der Waals surface area contributed by atoms with Gasteiger partial charge in [0.05, 0.1) is 31.9 Å². The highest BCUT2D eigenvalue weighted by molar-refractivity contribution is 5.57. The van der Waals surface area contributed by atoms with Gasteiger partial charge in [-0.1, -0.05) is 42.5 Å². The molecule has 3 rings (SSSR count). The van der Waals surface area contributed by atoms with Gasteiger partial charge in [0.25, 0.3) is 0 Å². The minimum Gasteiger partial charge on any atom is -0.506 e. The number of piperazine rings is 1. The van der Waals surface area contributed by atoms with E-state index in [2.05, 4.69) is 4.90 Å². The Kier molecular flexibility index (Phi) is 4.61. The second kappa shape index (κ2) is 6.81. The Morgan fingerprint density at radius 2 is 1.59 bits per heavy atom. The molecule has 4 nitrogen and oxygen atoms in total. The Morgan fingerprint density at radius 3 is 2.27 bits per heavy atom. The molecule has 4 heteroatoms. The molecule has 22 heavy (non-hydrogen) atoms. The van der Waals surface area contributed by atoms with Gasteiger partial charge in [-0.3, -0.25) is 0 Å². The third-order valence-electron chi connectivity index (χ3n) is 4.36. The lowest BCUT2D eigenvalue weighted by molar-refractivity contribution is -0.904. The van der Waals surface area contributed by atoms with Gasteiger partial charge in [0.15, 0.2) is 0 Å². The van der Waals surface area contributed by atoms with Gasteiger partial charge >= 0.3 is 0 Å². The number of hydrogen-bond acceptors (Lipinski definition) is 3. The Balaban J connectivity index is 1.55. The van der Waals surface area contributed by atoms with Crippen LogP contribution < -0.4 is 9.80 Å². The number of nitrogens with zero attached hydrogens (tertiary/aromatic N) is 1. The maximum atomic E-state index is 10.3. The smallest absolute Gasteiger partial charge is 0.138 e. The predicted octanol–water partition coefficient (Wildman–Crippen LogP) is 0.831. The molecule has 0 radical (unpaired) electrons. The van der Waals surface area contributed by atoms with Crippen molar-refractivity contribution >= 4 is 5.69 Å². The van der Waals surface area contributed by atoms with Crippen LogP contribution in [0.1, 0.15) is 11.7 Å². The average molecular weight is 299 g/mol. The molecule has 0 unspecified atom stereocenters. The number of para-hydroxylation sites is 2. The maximum absolute atomic E-state index is 10.3. The Hall–Kier alpha value is -2.04. The highest BCUT2D eigenvalue weighted by Crippen LogP contribution is 2.26. The van der Waals surface area contributed by atoms with Gasteiger partial charge in [-0.25, -0.2) is 0 Å². The summed E-state index contributed by atoms with van der Waals surface area (Å²) in [5.74, 6) is 0.343. The van der Waals surface area contributed by atoms with Crippen molar-refractivity contribution in [3.8, 4) is 5.75 Å². The fourth-order valence-corrected chi connectivity index (χ4v) is 3.07. The van der Waals surface area contributed by atoms with Crippen LogP contribution in [-0.2, 0) is 0 Å². The van der Waals surface area contributed by atoms with Crippen molar-refractivity contribution in [3.05, 3.63) is 60.2 Å². The fourth-order valence-electron chi connectivity index (χ4n) is 3.07. The van der Waals surface area contributed by atoms with Crippen molar-refractivity contribution in [3.63, 3.8) is 0 Å². The summed E-state index contributed by atoms with van der Waals surface area (Å²) in [6.07, 6.45) is -0.409. The third kappa shape index (κ3) is 3.40. The lowest BCUT2D eigenvalue weighted by atomic mass is 10.1. The number of hydrogen-bond donors (Lipinski definition) is 3. The summed E-state index contributed by atoms with van der Waals surface area (Å²) in [4.78, 5) is 3.62. The van der Waals surface area contributed by atoms with E-state index in [0.717, 1.165) is 44.0 Å². The fraction of sp³-hybridized carbons (Fsp3) is 0.333. The minimum atomic E-state index is -0.409. The zero-order valence-corrected chi connectivity index (χ0v) is 12.7. The molecule has 0 aliphatic carbocycles. The summed E-state index contributed by atoms with van der Waals surface area (Å²) in [7, 11) is 0. The van der Waals surface area contributed by atoms with E-state index in [1.165, 1.54) is 4.90 Å². The average Bonchev–Trinajstić information content (AvgIpc) is 2.57. The highest BCUT2D eigenvalue weighted by Gasteiger charge is 2.24. The van der Waals surface area contributed by atoms with E-state index >= 15 is 0 Å². The summed E-state index contributed by atoms with van der Waals surface area (Å²) in [5.41, 5.74) is 1.89. The molecule has 3 N–H and O–H groups in total. The van der Waals surface area contributed by atoms with Gasteiger partial charge in [-0.05, 0) is 17.7 Å². The second-order valence-corrected chi connectivity index (χ2v) is 5.86. The Bertz CT molecular complexity index is 595. The van der Waals surface area contributed by atoms with Crippen molar-refractivity contribution < 1.29 is 15.1 Å². The van der Waals surface area contributed by atoms with Crippen molar-refractivity contribution in [2.45, 2.75) is 6.10 Å². The molecular weight excluding hydrogens is 276 g/mol. The van der Waals surface area contributed by atoms with E-state index in [4.69, 9.17) is 0 Å². The number of phenols is 1. The SMILES string of the molecule is Oc1ccccc1N1CC[NH+](C[C@H](O)c2ccccc2)CC1. The minimum absolute atomic E-state index is 0.343. The van der Waals surface area contributed by atoms with Crippen LogP contribution in [0.4, 0.5) is 5.69 Å². The van der Waals surface area contributed by atoms with Gasteiger partial charge in [0.2, 0.25) is 0 Å². The van der Waals surface area contributed by atoms with Gasteiger partial charge in [0.1, 0.15) is 18.4 Å². The van der Waals surface area contributed by atoms with Crippen molar-refractivity contribution in [2.24, 2.45) is 0 Å². The number of quaternary nitrogens is 1. The molecule has 1 saturated heterocycles. The number of anilines is 1. The number of phenolic OH excluding ortho intramolecular Hbond substituents is 1. The lowest BCUT2D eigenvalue weighted by Crippen LogP contribution is -3.15. The highest BCUT2D eigenvalue weighted by atomic mass is 16.3. The number of aliphatic hydroxyl groups is 1. The molecule has 2 aromatic rings. The summed E-state index contributed by atoms with van der Waals surface area (Å²) in [6, 6.07) is 17.3. The van der Waals surface area contributed by atoms with Crippen molar-refractivity contribution in [2.75, 3.05) is 37.6 Å². The normalized spacial score (nSPS) is 17.4. The molecular formula is C18H23N2O2+. The van der Waals surface area contributed by atoms with Crippen molar-refractivity contribution in [1.29, 1.82) is 0 Å². The first-order chi connectivity index (χ1) is 10.7. The van der Waals surface area contributed by atoms with Crippen LogP contribution in [0, 0.1) is 0 Å². The van der Waals surface area contributed by atoms with Crippen LogP contribution >= 0.6 is 0 Å². The first kappa shape index (κ1) is 14.9. The van der Waals surface area contributed by atoms with Crippen LogP contribution in [0.5, 0.6) is 5.75 Å². The summed E-state index contributed by atoms with van der Waals surface area (Å²) >= 11 is 0. The zero-order valence-electron chi connectivity index (χ0n) is 12.7. The number of nitrogens with one attached hydrogen (secondary N) is 1.